The molecule has 0 saturated heterocycles. The summed E-state index contributed by atoms with van der Waals surface area (Å²) in [4.78, 5) is 10.6. The first-order valence-corrected chi connectivity index (χ1v) is 5.13. The van der Waals surface area contributed by atoms with Gasteiger partial charge in [-0.25, -0.2) is 0 Å². The minimum absolute atomic E-state index is 0. The predicted molar refractivity (Wildman–Crippen MR) is 66.8 cm³/mol. The molecule has 2 unspecified atom stereocenters. The van der Waals surface area contributed by atoms with Crippen molar-refractivity contribution in [2.24, 2.45) is 11.7 Å². The topological polar surface area (TPSA) is 63.3 Å². The van der Waals surface area contributed by atoms with Gasteiger partial charge in [-0.05, 0) is 24.3 Å². The van der Waals surface area contributed by atoms with Gasteiger partial charge in [-0.2, -0.15) is 0 Å². The van der Waals surface area contributed by atoms with Crippen LogP contribution in [0.1, 0.15) is 18.9 Å². The number of halogens is 1. The molecule has 0 aliphatic rings. The highest BCUT2D eigenvalue weighted by molar-refractivity contribution is 5.85. The van der Waals surface area contributed by atoms with E-state index in [4.69, 9.17) is 10.8 Å². The van der Waals surface area contributed by atoms with Gasteiger partial charge >= 0.3 is 5.97 Å². The van der Waals surface area contributed by atoms with Gasteiger partial charge in [0.1, 0.15) is 6.04 Å². The van der Waals surface area contributed by atoms with Gasteiger partial charge < -0.3 is 10.8 Å². The van der Waals surface area contributed by atoms with Crippen LogP contribution in [-0.4, -0.2) is 17.1 Å². The molecule has 1 rings (SSSR count). The first-order valence-electron chi connectivity index (χ1n) is 5.13. The van der Waals surface area contributed by atoms with Crippen LogP contribution in [0.2, 0.25) is 0 Å². The van der Waals surface area contributed by atoms with Crippen LogP contribution in [0.3, 0.4) is 0 Å². The lowest BCUT2D eigenvalue weighted by atomic mass is 9.95. The summed E-state index contributed by atoms with van der Waals surface area (Å²) in [7, 11) is 0. The van der Waals surface area contributed by atoms with Crippen LogP contribution in [-0.2, 0) is 11.2 Å². The van der Waals surface area contributed by atoms with Crippen molar-refractivity contribution in [3.8, 4) is 0 Å². The highest BCUT2D eigenvalue weighted by Gasteiger charge is 2.19. The van der Waals surface area contributed by atoms with Gasteiger partial charge in [0.25, 0.3) is 0 Å². The van der Waals surface area contributed by atoms with E-state index in [1.807, 2.05) is 37.3 Å². The third-order valence-electron chi connectivity index (χ3n) is 2.63. The number of rotatable bonds is 5. The van der Waals surface area contributed by atoms with Crippen molar-refractivity contribution >= 4 is 18.4 Å². The molecular weight excluding hydrogens is 226 g/mol. The van der Waals surface area contributed by atoms with Crippen molar-refractivity contribution in [2.75, 3.05) is 0 Å². The molecule has 0 saturated carbocycles. The van der Waals surface area contributed by atoms with Gasteiger partial charge in [0.2, 0.25) is 0 Å². The smallest absolute Gasteiger partial charge is 0.320 e. The maximum atomic E-state index is 10.6. The number of carboxylic acid groups (broad SMARTS) is 1. The van der Waals surface area contributed by atoms with Crippen LogP contribution in [0.25, 0.3) is 0 Å². The molecule has 0 aliphatic carbocycles. The van der Waals surface area contributed by atoms with Crippen LogP contribution < -0.4 is 5.73 Å². The van der Waals surface area contributed by atoms with Gasteiger partial charge in [0.05, 0.1) is 0 Å². The monoisotopic (exact) mass is 243 g/mol. The fourth-order valence-electron chi connectivity index (χ4n) is 1.46. The van der Waals surface area contributed by atoms with Gasteiger partial charge in [-0.1, -0.05) is 37.3 Å². The van der Waals surface area contributed by atoms with Crippen molar-refractivity contribution in [2.45, 2.75) is 25.8 Å². The molecule has 2 atom stereocenters. The van der Waals surface area contributed by atoms with Gasteiger partial charge in [0, 0.05) is 0 Å². The zero-order valence-electron chi connectivity index (χ0n) is 9.30. The first kappa shape index (κ1) is 14.9. The molecule has 0 radical (unpaired) electrons. The third kappa shape index (κ3) is 4.64. The van der Waals surface area contributed by atoms with Crippen molar-refractivity contribution < 1.29 is 9.90 Å². The Labute approximate surface area is 102 Å². The van der Waals surface area contributed by atoms with Gasteiger partial charge in [0.15, 0.2) is 0 Å². The fraction of sp³-hybridized carbons (Fsp3) is 0.417. The van der Waals surface area contributed by atoms with Crippen LogP contribution in [0.5, 0.6) is 0 Å². The Kier molecular flexibility index (Phi) is 6.77. The van der Waals surface area contributed by atoms with Crippen molar-refractivity contribution in [3.63, 3.8) is 0 Å². The van der Waals surface area contributed by atoms with Crippen molar-refractivity contribution in [1.82, 2.24) is 0 Å². The van der Waals surface area contributed by atoms with E-state index in [0.29, 0.717) is 0 Å². The number of benzene rings is 1. The summed E-state index contributed by atoms with van der Waals surface area (Å²) in [6, 6.07) is 9.26. The Morgan fingerprint density at radius 1 is 1.38 bits per heavy atom. The molecule has 16 heavy (non-hydrogen) atoms. The van der Waals surface area contributed by atoms with Crippen LogP contribution in [0, 0.1) is 5.92 Å². The minimum atomic E-state index is -0.921. The molecule has 1 aromatic carbocycles. The SMILES string of the molecule is CC(CCc1ccccc1)C(N)C(=O)O.Cl. The van der Waals surface area contributed by atoms with E-state index in [-0.39, 0.29) is 18.3 Å². The quantitative estimate of drug-likeness (QED) is 0.833. The Bertz CT molecular complexity index is 316. The second kappa shape index (κ2) is 7.25. The number of aliphatic carboxylic acids is 1. The van der Waals surface area contributed by atoms with Crippen LogP contribution in [0.4, 0.5) is 0 Å². The Morgan fingerprint density at radius 2 is 1.94 bits per heavy atom. The third-order valence-corrected chi connectivity index (χ3v) is 2.63. The molecule has 0 bridgehead atoms. The minimum Gasteiger partial charge on any atom is -0.480 e. The molecule has 0 spiro atoms. The Hall–Kier alpha value is -1.06. The number of aryl methyl sites for hydroxylation is 1. The standard InChI is InChI=1S/C12H17NO2.ClH/c1-9(11(13)12(14)15)7-8-10-5-3-2-4-6-10;/h2-6,9,11H,7-8,13H2,1H3,(H,14,15);1H. The second-order valence-corrected chi connectivity index (χ2v) is 3.87. The Balaban J connectivity index is 0.00000225. The zero-order chi connectivity index (χ0) is 11.3. The summed E-state index contributed by atoms with van der Waals surface area (Å²) >= 11 is 0. The second-order valence-electron chi connectivity index (χ2n) is 3.87. The summed E-state index contributed by atoms with van der Waals surface area (Å²) < 4.78 is 0. The van der Waals surface area contributed by atoms with E-state index >= 15 is 0 Å². The highest BCUT2D eigenvalue weighted by atomic mass is 35.5. The van der Waals surface area contributed by atoms with E-state index in [0.717, 1.165) is 12.8 Å². The van der Waals surface area contributed by atoms with E-state index in [1.165, 1.54) is 5.56 Å². The molecular formula is C12H18ClNO2. The molecule has 90 valence electrons. The largest absolute Gasteiger partial charge is 0.480 e. The number of hydrogen-bond donors (Lipinski definition) is 2. The molecule has 0 fully saturated rings. The van der Waals surface area contributed by atoms with Crippen LogP contribution >= 0.6 is 12.4 Å². The summed E-state index contributed by atoms with van der Waals surface area (Å²) in [5, 5.41) is 8.72. The number of nitrogens with two attached hydrogens (primary N) is 1. The molecule has 0 aliphatic heterocycles. The maximum Gasteiger partial charge on any atom is 0.320 e. The van der Waals surface area contributed by atoms with Gasteiger partial charge in [-0.15, -0.1) is 12.4 Å². The van der Waals surface area contributed by atoms with Crippen molar-refractivity contribution in [1.29, 1.82) is 0 Å². The van der Waals surface area contributed by atoms with Gasteiger partial charge in [-0.3, -0.25) is 4.79 Å². The average molecular weight is 244 g/mol. The molecule has 1 aromatic rings. The van der Waals surface area contributed by atoms with Crippen LogP contribution in [0.15, 0.2) is 30.3 Å². The van der Waals surface area contributed by atoms with E-state index < -0.39 is 12.0 Å². The lowest BCUT2D eigenvalue weighted by Crippen LogP contribution is -2.36. The van der Waals surface area contributed by atoms with Crippen molar-refractivity contribution in [3.05, 3.63) is 35.9 Å². The summed E-state index contributed by atoms with van der Waals surface area (Å²) in [6.45, 7) is 1.88. The molecule has 0 heterocycles. The number of carbonyl (C=O) groups is 1. The molecule has 4 heteroatoms. The number of carboxylic acids is 1. The molecule has 0 aromatic heterocycles. The summed E-state index contributed by atoms with van der Waals surface area (Å²) in [6.07, 6.45) is 1.68. The van der Waals surface area contributed by atoms with E-state index in [9.17, 15) is 4.79 Å². The van der Waals surface area contributed by atoms with E-state index in [1.54, 1.807) is 0 Å². The maximum absolute atomic E-state index is 10.6. The van der Waals surface area contributed by atoms with E-state index in [2.05, 4.69) is 0 Å². The first-order chi connectivity index (χ1) is 7.11. The summed E-state index contributed by atoms with van der Waals surface area (Å²) in [5.41, 5.74) is 6.75. The Morgan fingerprint density at radius 3 is 2.44 bits per heavy atom. The summed E-state index contributed by atoms with van der Waals surface area (Å²) in [5.74, 6) is -0.918. The molecule has 3 nitrogen and oxygen atoms in total. The lowest BCUT2D eigenvalue weighted by Gasteiger charge is -2.15. The normalized spacial score (nSPS) is 13.6. The number of hydrogen-bond acceptors (Lipinski definition) is 2. The zero-order valence-corrected chi connectivity index (χ0v) is 10.1. The molecule has 0 amide bonds. The lowest BCUT2D eigenvalue weighted by molar-refractivity contribution is -0.139. The average Bonchev–Trinajstić information content (AvgIpc) is 2.26. The predicted octanol–water partition coefficient (Wildman–Crippen LogP) is 2.09. The fourth-order valence-corrected chi connectivity index (χ4v) is 1.46. The highest BCUT2D eigenvalue weighted by Crippen LogP contribution is 2.11. The molecule has 3 N–H and O–H groups in total.